The lowest BCUT2D eigenvalue weighted by molar-refractivity contribution is 1.51. The highest BCUT2D eigenvalue weighted by atomic mass is 14.3. The van der Waals surface area contributed by atoms with E-state index in [0.29, 0.717) is 0 Å². The van der Waals surface area contributed by atoms with Gasteiger partial charge in [-0.25, -0.2) is 0 Å². The molecule has 0 atom stereocenters. The first-order chi connectivity index (χ1) is 17.7. The van der Waals surface area contributed by atoms with E-state index in [0.717, 1.165) is 0 Å². The Kier molecular flexibility index (Phi) is 3.89. The van der Waals surface area contributed by atoms with Gasteiger partial charge in [0.05, 0.1) is 0 Å². The van der Waals surface area contributed by atoms with Gasteiger partial charge in [-0.05, 0) is 114 Å². The molecule has 0 spiro atoms. The first-order valence-corrected chi connectivity index (χ1v) is 12.7. The van der Waals surface area contributed by atoms with Crippen molar-refractivity contribution in [2.24, 2.45) is 0 Å². The van der Waals surface area contributed by atoms with Crippen molar-refractivity contribution in [2.45, 2.75) is 13.8 Å². The average molecular weight is 457 g/mol. The molecule has 36 heavy (non-hydrogen) atoms. The van der Waals surface area contributed by atoms with Crippen LogP contribution in [-0.2, 0) is 0 Å². The van der Waals surface area contributed by atoms with Gasteiger partial charge >= 0.3 is 0 Å². The molecule has 8 rings (SSSR count). The molecule has 0 unspecified atom stereocenters. The first-order valence-electron chi connectivity index (χ1n) is 12.7. The Hall–Kier alpha value is -4.42. The highest BCUT2D eigenvalue weighted by Gasteiger charge is 2.25. The number of benzene rings is 7. The predicted octanol–water partition coefficient (Wildman–Crippen LogP) is 10.2. The van der Waals surface area contributed by atoms with Crippen LogP contribution < -0.4 is 0 Å². The maximum absolute atomic E-state index is 2.45. The minimum absolute atomic E-state index is 1.27. The molecule has 0 aliphatic heterocycles. The van der Waals surface area contributed by atoms with Crippen LogP contribution in [0.4, 0.5) is 0 Å². The number of fused-ring (bicyclic) bond motifs is 8. The van der Waals surface area contributed by atoms with Gasteiger partial charge in [0.1, 0.15) is 0 Å². The fraction of sp³-hybridized carbons (Fsp3) is 0.0556. The quantitative estimate of drug-likeness (QED) is 0.216. The summed E-state index contributed by atoms with van der Waals surface area (Å²) in [6.07, 6.45) is 0. The van der Waals surface area contributed by atoms with Crippen molar-refractivity contribution in [3.63, 3.8) is 0 Å². The molecule has 1 aliphatic rings. The van der Waals surface area contributed by atoms with Crippen LogP contribution >= 0.6 is 0 Å². The van der Waals surface area contributed by atoms with Crippen LogP contribution in [0.1, 0.15) is 11.1 Å². The van der Waals surface area contributed by atoms with Gasteiger partial charge in [0, 0.05) is 0 Å². The van der Waals surface area contributed by atoms with Crippen molar-refractivity contribution in [1.82, 2.24) is 0 Å². The molecule has 0 N–H and O–H groups in total. The van der Waals surface area contributed by atoms with Crippen molar-refractivity contribution in [3.05, 3.63) is 120 Å². The molecule has 1 aliphatic carbocycles. The van der Waals surface area contributed by atoms with E-state index in [1.165, 1.54) is 87.6 Å². The molecule has 7 aromatic rings. The van der Waals surface area contributed by atoms with Crippen LogP contribution in [0.3, 0.4) is 0 Å². The standard InChI is InChI=1S/C36H24/c1-21-11-15-27-31(17-21)30(25-14-13-23-7-3-4-8-24(23)18-25)19-33-29-16-12-22(2)35-28-10-6-5-9-26(28)34(36(29)35)20-32(27)33/h3-20H,1-2H3. The largest absolute Gasteiger partial charge is 0.0616 e. The van der Waals surface area contributed by atoms with Gasteiger partial charge in [-0.15, -0.1) is 0 Å². The summed E-state index contributed by atoms with van der Waals surface area (Å²) < 4.78 is 0. The molecule has 0 radical (unpaired) electrons. The summed E-state index contributed by atoms with van der Waals surface area (Å²) in [5.41, 5.74) is 10.7. The molecular weight excluding hydrogens is 432 g/mol. The Labute approximate surface area is 210 Å². The summed E-state index contributed by atoms with van der Waals surface area (Å²) in [5, 5.41) is 10.6. The van der Waals surface area contributed by atoms with Gasteiger partial charge in [0.25, 0.3) is 0 Å². The van der Waals surface area contributed by atoms with Crippen LogP contribution in [0.5, 0.6) is 0 Å². The van der Waals surface area contributed by atoms with Crippen molar-refractivity contribution in [2.75, 3.05) is 0 Å². The lowest BCUT2D eigenvalue weighted by Crippen LogP contribution is -1.89. The Morgan fingerprint density at radius 3 is 2.03 bits per heavy atom. The van der Waals surface area contributed by atoms with Crippen LogP contribution in [0.15, 0.2) is 109 Å². The minimum Gasteiger partial charge on any atom is -0.0616 e. The van der Waals surface area contributed by atoms with E-state index in [1.807, 2.05) is 0 Å². The second-order valence-corrected chi connectivity index (χ2v) is 10.3. The van der Waals surface area contributed by atoms with E-state index in [1.54, 1.807) is 0 Å². The van der Waals surface area contributed by atoms with Gasteiger partial charge in [0.15, 0.2) is 0 Å². The molecule has 0 fully saturated rings. The number of rotatable bonds is 1. The molecule has 0 heterocycles. The zero-order valence-electron chi connectivity index (χ0n) is 20.4. The summed E-state index contributed by atoms with van der Waals surface area (Å²) in [4.78, 5) is 0. The summed E-state index contributed by atoms with van der Waals surface area (Å²) in [5.74, 6) is 0. The van der Waals surface area contributed by atoms with Gasteiger partial charge in [-0.3, -0.25) is 0 Å². The third-order valence-corrected chi connectivity index (χ3v) is 8.14. The fourth-order valence-corrected chi connectivity index (χ4v) is 6.46. The van der Waals surface area contributed by atoms with Gasteiger partial charge in [0.2, 0.25) is 0 Å². The second kappa shape index (κ2) is 7.06. The normalized spacial score (nSPS) is 12.2. The van der Waals surface area contributed by atoms with E-state index in [9.17, 15) is 0 Å². The monoisotopic (exact) mass is 456 g/mol. The van der Waals surface area contributed by atoms with E-state index in [2.05, 4.69) is 123 Å². The summed E-state index contributed by atoms with van der Waals surface area (Å²) >= 11 is 0. The van der Waals surface area contributed by atoms with Gasteiger partial charge in [-0.2, -0.15) is 0 Å². The highest BCUT2D eigenvalue weighted by molar-refractivity contribution is 6.29. The topological polar surface area (TPSA) is 0 Å². The Morgan fingerprint density at radius 2 is 1.14 bits per heavy atom. The van der Waals surface area contributed by atoms with Crippen molar-refractivity contribution < 1.29 is 0 Å². The van der Waals surface area contributed by atoms with E-state index < -0.39 is 0 Å². The maximum Gasteiger partial charge on any atom is -0.00172 e. The lowest BCUT2D eigenvalue weighted by Gasteiger charge is -2.16. The summed E-state index contributed by atoms with van der Waals surface area (Å²) in [6.45, 7) is 4.44. The molecule has 7 aromatic carbocycles. The molecule has 0 aromatic heterocycles. The highest BCUT2D eigenvalue weighted by Crippen LogP contribution is 2.52. The van der Waals surface area contributed by atoms with Gasteiger partial charge in [-0.1, -0.05) is 96.6 Å². The van der Waals surface area contributed by atoms with E-state index in [4.69, 9.17) is 0 Å². The van der Waals surface area contributed by atoms with Crippen molar-refractivity contribution in [1.29, 1.82) is 0 Å². The molecule has 0 saturated heterocycles. The predicted molar refractivity (Wildman–Crippen MR) is 156 cm³/mol. The van der Waals surface area contributed by atoms with E-state index in [-0.39, 0.29) is 0 Å². The minimum atomic E-state index is 1.27. The zero-order chi connectivity index (χ0) is 24.0. The molecule has 0 nitrogen and oxygen atoms in total. The Bertz CT molecular complexity index is 2060. The van der Waals surface area contributed by atoms with E-state index >= 15 is 0 Å². The summed E-state index contributed by atoms with van der Waals surface area (Å²) in [7, 11) is 0. The maximum atomic E-state index is 2.45. The van der Waals surface area contributed by atoms with Crippen LogP contribution in [-0.4, -0.2) is 0 Å². The van der Waals surface area contributed by atoms with Crippen molar-refractivity contribution in [3.8, 4) is 33.4 Å². The van der Waals surface area contributed by atoms with Crippen molar-refractivity contribution >= 4 is 43.1 Å². The van der Waals surface area contributed by atoms with Crippen LogP contribution in [0.25, 0.3) is 76.5 Å². The summed E-state index contributed by atoms with van der Waals surface area (Å²) in [6, 6.07) is 40.9. The Morgan fingerprint density at radius 1 is 0.417 bits per heavy atom. The molecular formula is C36H24. The molecule has 0 amide bonds. The van der Waals surface area contributed by atoms with Crippen LogP contribution in [0.2, 0.25) is 0 Å². The number of hydrogen-bond donors (Lipinski definition) is 0. The Balaban J connectivity index is 1.56. The average Bonchev–Trinajstić information content (AvgIpc) is 3.25. The van der Waals surface area contributed by atoms with Crippen LogP contribution in [0, 0.1) is 13.8 Å². The molecule has 168 valence electrons. The lowest BCUT2D eigenvalue weighted by atomic mass is 9.87. The fourth-order valence-electron chi connectivity index (χ4n) is 6.46. The third-order valence-electron chi connectivity index (χ3n) is 8.14. The first kappa shape index (κ1) is 19.8. The SMILES string of the molecule is Cc1ccc2c(c1)c(-c1ccc3ccccc3c1)cc1c3ccc(C)c4c3c(cc21)-c1ccccc1-4. The van der Waals surface area contributed by atoms with Gasteiger partial charge < -0.3 is 0 Å². The number of hydrogen-bond acceptors (Lipinski definition) is 0. The molecule has 0 saturated carbocycles. The smallest absolute Gasteiger partial charge is 0.00172 e. The number of aryl methyl sites for hydroxylation is 2. The zero-order valence-corrected chi connectivity index (χ0v) is 20.4. The second-order valence-electron chi connectivity index (χ2n) is 10.3. The molecule has 0 heteroatoms. The third kappa shape index (κ3) is 2.59. The molecule has 0 bridgehead atoms.